The highest BCUT2D eigenvalue weighted by molar-refractivity contribution is 5.03. The molecule has 2 nitrogen and oxygen atoms in total. The molecule has 1 heterocycles. The van der Waals surface area contributed by atoms with E-state index >= 15 is 0 Å². The summed E-state index contributed by atoms with van der Waals surface area (Å²) < 4.78 is 0. The van der Waals surface area contributed by atoms with Crippen molar-refractivity contribution in [2.45, 2.75) is 45.4 Å². The van der Waals surface area contributed by atoms with Gasteiger partial charge in [-0.15, -0.1) is 0 Å². The maximum Gasteiger partial charge on any atom is 0.0416 e. The fourth-order valence-corrected chi connectivity index (χ4v) is 3.02. The molecule has 1 saturated carbocycles. The van der Waals surface area contributed by atoms with Crippen LogP contribution in [0.3, 0.4) is 0 Å². The SMILES string of the molecule is CC1CCCC(CCNCCc2ccccn2)C1. The van der Waals surface area contributed by atoms with Gasteiger partial charge in [0.25, 0.3) is 0 Å². The first kappa shape index (κ1) is 13.5. The van der Waals surface area contributed by atoms with Crippen molar-refractivity contribution in [1.82, 2.24) is 10.3 Å². The number of hydrogen-bond acceptors (Lipinski definition) is 2. The maximum absolute atomic E-state index is 4.34. The lowest BCUT2D eigenvalue weighted by Gasteiger charge is -2.26. The average Bonchev–Trinajstić information content (AvgIpc) is 2.40. The Kier molecular flexibility index (Phi) is 5.66. The van der Waals surface area contributed by atoms with Crippen molar-refractivity contribution in [2.24, 2.45) is 11.8 Å². The molecule has 2 rings (SSSR count). The third kappa shape index (κ3) is 4.77. The zero-order chi connectivity index (χ0) is 12.6. The normalized spacial score (nSPS) is 24.1. The zero-order valence-corrected chi connectivity index (χ0v) is 11.6. The average molecular weight is 246 g/mol. The summed E-state index contributed by atoms with van der Waals surface area (Å²) in [4.78, 5) is 4.34. The first-order valence-corrected chi connectivity index (χ1v) is 7.45. The highest BCUT2D eigenvalue weighted by Crippen LogP contribution is 2.30. The van der Waals surface area contributed by atoms with E-state index in [2.05, 4.69) is 29.4 Å². The van der Waals surface area contributed by atoms with E-state index in [1.165, 1.54) is 44.3 Å². The summed E-state index contributed by atoms with van der Waals surface area (Å²) in [6.45, 7) is 4.63. The number of rotatable bonds is 6. The van der Waals surface area contributed by atoms with Crippen molar-refractivity contribution >= 4 is 0 Å². The molecule has 0 aliphatic heterocycles. The Morgan fingerprint density at radius 3 is 3.00 bits per heavy atom. The van der Waals surface area contributed by atoms with Gasteiger partial charge in [0.05, 0.1) is 0 Å². The molecule has 0 bridgehead atoms. The van der Waals surface area contributed by atoms with E-state index in [1.807, 2.05) is 12.3 Å². The fraction of sp³-hybridized carbons (Fsp3) is 0.688. The number of pyridine rings is 1. The summed E-state index contributed by atoms with van der Waals surface area (Å²) in [7, 11) is 0. The van der Waals surface area contributed by atoms with Gasteiger partial charge < -0.3 is 5.32 Å². The second-order valence-corrected chi connectivity index (χ2v) is 5.75. The van der Waals surface area contributed by atoms with Gasteiger partial charge in [0.2, 0.25) is 0 Å². The molecule has 2 atom stereocenters. The maximum atomic E-state index is 4.34. The summed E-state index contributed by atoms with van der Waals surface area (Å²) in [5.74, 6) is 1.92. The highest BCUT2D eigenvalue weighted by atomic mass is 14.8. The second kappa shape index (κ2) is 7.52. The van der Waals surface area contributed by atoms with Crippen LogP contribution in [0.25, 0.3) is 0 Å². The van der Waals surface area contributed by atoms with Crippen LogP contribution in [-0.2, 0) is 6.42 Å². The van der Waals surface area contributed by atoms with Gasteiger partial charge in [-0.3, -0.25) is 4.98 Å². The molecule has 18 heavy (non-hydrogen) atoms. The van der Waals surface area contributed by atoms with Crippen LogP contribution in [-0.4, -0.2) is 18.1 Å². The molecular weight excluding hydrogens is 220 g/mol. The Balaban J connectivity index is 1.53. The van der Waals surface area contributed by atoms with E-state index in [0.29, 0.717) is 0 Å². The van der Waals surface area contributed by atoms with E-state index in [4.69, 9.17) is 0 Å². The number of aromatic nitrogens is 1. The third-order valence-electron chi connectivity index (χ3n) is 4.06. The van der Waals surface area contributed by atoms with Crippen molar-refractivity contribution in [3.05, 3.63) is 30.1 Å². The van der Waals surface area contributed by atoms with E-state index in [1.54, 1.807) is 0 Å². The predicted molar refractivity (Wildman–Crippen MR) is 76.5 cm³/mol. The first-order valence-electron chi connectivity index (χ1n) is 7.45. The monoisotopic (exact) mass is 246 g/mol. The zero-order valence-electron chi connectivity index (χ0n) is 11.6. The fourth-order valence-electron chi connectivity index (χ4n) is 3.02. The topological polar surface area (TPSA) is 24.9 Å². The molecule has 0 amide bonds. The first-order chi connectivity index (χ1) is 8.84. The van der Waals surface area contributed by atoms with Crippen LogP contribution in [0, 0.1) is 11.8 Å². The summed E-state index contributed by atoms with van der Waals surface area (Å²) in [6, 6.07) is 6.14. The van der Waals surface area contributed by atoms with Crippen molar-refractivity contribution in [3.8, 4) is 0 Å². The van der Waals surface area contributed by atoms with Gasteiger partial charge in [-0.2, -0.15) is 0 Å². The Labute approximate surface area is 111 Å². The molecule has 1 N–H and O–H groups in total. The van der Waals surface area contributed by atoms with Gasteiger partial charge in [0.1, 0.15) is 0 Å². The van der Waals surface area contributed by atoms with E-state index in [9.17, 15) is 0 Å². The minimum absolute atomic E-state index is 0.956. The van der Waals surface area contributed by atoms with Gasteiger partial charge >= 0.3 is 0 Å². The van der Waals surface area contributed by atoms with Crippen molar-refractivity contribution < 1.29 is 0 Å². The van der Waals surface area contributed by atoms with E-state index in [-0.39, 0.29) is 0 Å². The van der Waals surface area contributed by atoms with Crippen molar-refractivity contribution in [3.63, 3.8) is 0 Å². The number of nitrogens with one attached hydrogen (secondary N) is 1. The molecule has 100 valence electrons. The van der Waals surface area contributed by atoms with Gasteiger partial charge in [0.15, 0.2) is 0 Å². The molecule has 1 aliphatic carbocycles. The lowest BCUT2D eigenvalue weighted by Crippen LogP contribution is -2.23. The molecule has 0 aromatic carbocycles. The Morgan fingerprint density at radius 2 is 2.22 bits per heavy atom. The van der Waals surface area contributed by atoms with Crippen LogP contribution in [0.1, 0.15) is 44.7 Å². The van der Waals surface area contributed by atoms with Gasteiger partial charge in [-0.05, 0) is 43.4 Å². The number of hydrogen-bond donors (Lipinski definition) is 1. The third-order valence-corrected chi connectivity index (χ3v) is 4.06. The summed E-state index contributed by atoms with van der Waals surface area (Å²) in [6.07, 6.45) is 10.1. The standard InChI is InChI=1S/C16H26N2/c1-14-5-4-6-15(13-14)8-11-17-12-9-16-7-2-3-10-18-16/h2-3,7,10,14-15,17H,4-6,8-9,11-13H2,1H3. The molecule has 0 saturated heterocycles. The number of nitrogens with zero attached hydrogens (tertiary/aromatic N) is 1. The molecule has 1 fully saturated rings. The molecule has 0 spiro atoms. The molecule has 2 unspecified atom stereocenters. The smallest absolute Gasteiger partial charge is 0.0416 e. The molecule has 0 radical (unpaired) electrons. The van der Waals surface area contributed by atoms with Gasteiger partial charge in [-0.25, -0.2) is 0 Å². The van der Waals surface area contributed by atoms with Crippen molar-refractivity contribution in [2.75, 3.05) is 13.1 Å². The van der Waals surface area contributed by atoms with Crippen LogP contribution < -0.4 is 5.32 Å². The summed E-state index contributed by atoms with van der Waals surface area (Å²) >= 11 is 0. The minimum Gasteiger partial charge on any atom is -0.316 e. The van der Waals surface area contributed by atoms with Crippen LogP contribution >= 0.6 is 0 Å². The molecular formula is C16H26N2. The Bertz CT molecular complexity index is 323. The van der Waals surface area contributed by atoms with Crippen LogP contribution in [0.15, 0.2) is 24.4 Å². The molecule has 1 aliphatic rings. The minimum atomic E-state index is 0.956. The summed E-state index contributed by atoms with van der Waals surface area (Å²) in [5.41, 5.74) is 1.19. The van der Waals surface area contributed by atoms with Gasteiger partial charge in [0, 0.05) is 24.9 Å². The van der Waals surface area contributed by atoms with Gasteiger partial charge in [-0.1, -0.05) is 32.3 Å². The van der Waals surface area contributed by atoms with Crippen LogP contribution in [0.4, 0.5) is 0 Å². The summed E-state index contributed by atoms with van der Waals surface area (Å²) in [5, 5.41) is 3.56. The highest BCUT2D eigenvalue weighted by Gasteiger charge is 2.17. The predicted octanol–water partition coefficient (Wildman–Crippen LogP) is 3.43. The lowest BCUT2D eigenvalue weighted by atomic mass is 9.81. The second-order valence-electron chi connectivity index (χ2n) is 5.75. The molecule has 1 aromatic rings. The van der Waals surface area contributed by atoms with Crippen LogP contribution in [0.5, 0.6) is 0 Å². The quantitative estimate of drug-likeness (QED) is 0.778. The largest absolute Gasteiger partial charge is 0.316 e. The van der Waals surface area contributed by atoms with Crippen LogP contribution in [0.2, 0.25) is 0 Å². The van der Waals surface area contributed by atoms with E-state index in [0.717, 1.165) is 24.8 Å². The Hall–Kier alpha value is -0.890. The Morgan fingerprint density at radius 1 is 1.28 bits per heavy atom. The molecule has 2 heteroatoms. The van der Waals surface area contributed by atoms with Crippen molar-refractivity contribution in [1.29, 1.82) is 0 Å². The molecule has 1 aromatic heterocycles. The van der Waals surface area contributed by atoms with E-state index < -0.39 is 0 Å². The lowest BCUT2D eigenvalue weighted by molar-refractivity contribution is 0.268.